The molecule has 7 nitrogen and oxygen atoms in total. The molecule has 1 amide bonds. The van der Waals surface area contributed by atoms with Crippen LogP contribution in [0.2, 0.25) is 0 Å². The van der Waals surface area contributed by atoms with Crippen LogP contribution in [0.4, 0.5) is 10.1 Å². The van der Waals surface area contributed by atoms with Gasteiger partial charge in [0.15, 0.2) is 0 Å². The average molecular weight is 448 g/mol. The lowest BCUT2D eigenvalue weighted by Gasteiger charge is -2.37. The summed E-state index contributed by atoms with van der Waals surface area (Å²) in [6.07, 6.45) is 1.67. The number of amides is 1. The number of nitrogens with one attached hydrogen (secondary N) is 1. The second-order valence-electron chi connectivity index (χ2n) is 8.62. The van der Waals surface area contributed by atoms with Gasteiger partial charge in [-0.25, -0.2) is 9.37 Å². The normalized spacial score (nSPS) is 14.4. The number of fused-ring (bicyclic) bond motifs is 3. The van der Waals surface area contributed by atoms with E-state index in [0.29, 0.717) is 35.0 Å². The zero-order valence-corrected chi connectivity index (χ0v) is 18.8. The van der Waals surface area contributed by atoms with E-state index in [2.05, 4.69) is 46.9 Å². The number of halogens is 1. The summed E-state index contributed by atoms with van der Waals surface area (Å²) >= 11 is 0. The topological polar surface area (TPSA) is 74.2 Å². The molecular weight excluding hydrogens is 421 g/mol. The second-order valence-corrected chi connectivity index (χ2v) is 8.62. The lowest BCUT2D eigenvalue weighted by Crippen LogP contribution is -2.49. The average Bonchev–Trinajstić information content (AvgIpc) is 3.19. The number of aryl methyl sites for hydroxylation is 2. The summed E-state index contributed by atoms with van der Waals surface area (Å²) in [5, 5.41) is 0.576. The van der Waals surface area contributed by atoms with Crippen LogP contribution in [-0.4, -0.2) is 51.5 Å². The molecule has 1 saturated heterocycles. The Labute approximate surface area is 190 Å². The Morgan fingerprint density at radius 3 is 2.70 bits per heavy atom. The molecule has 1 aliphatic heterocycles. The molecule has 2 aromatic heterocycles. The molecule has 1 fully saturated rings. The quantitative estimate of drug-likeness (QED) is 0.521. The number of benzene rings is 2. The van der Waals surface area contributed by atoms with Crippen LogP contribution in [0, 0.1) is 19.7 Å². The van der Waals surface area contributed by atoms with Crippen LogP contribution in [-0.2, 0) is 11.3 Å². The van der Waals surface area contributed by atoms with Gasteiger partial charge in [-0.05, 0) is 49.2 Å². The fourth-order valence-electron chi connectivity index (χ4n) is 4.57. The van der Waals surface area contributed by atoms with Crippen molar-refractivity contribution in [3.8, 4) is 0 Å². The number of hydrogen-bond donors (Lipinski definition) is 1. The van der Waals surface area contributed by atoms with Crippen molar-refractivity contribution < 1.29 is 9.18 Å². The maximum atomic E-state index is 13.6. The third-order valence-corrected chi connectivity index (χ3v) is 6.65. The maximum absolute atomic E-state index is 13.6. The van der Waals surface area contributed by atoms with E-state index < -0.39 is 0 Å². The number of carbonyl (C=O) groups excluding carboxylic acids is 1. The maximum Gasteiger partial charge on any atom is 0.277 e. The highest BCUT2D eigenvalue weighted by Gasteiger charge is 2.22. The van der Waals surface area contributed by atoms with Gasteiger partial charge >= 0.3 is 0 Å². The first-order valence-electron chi connectivity index (χ1n) is 11.2. The van der Waals surface area contributed by atoms with Crippen LogP contribution < -0.4 is 10.5 Å². The molecule has 8 heteroatoms. The van der Waals surface area contributed by atoms with Crippen molar-refractivity contribution in [3.05, 3.63) is 70.0 Å². The van der Waals surface area contributed by atoms with Gasteiger partial charge in [-0.2, -0.15) is 0 Å². The van der Waals surface area contributed by atoms with Crippen LogP contribution in [0.1, 0.15) is 17.5 Å². The molecule has 1 aliphatic rings. The molecule has 33 heavy (non-hydrogen) atoms. The molecular formula is C25H26FN5O2. The molecule has 0 spiro atoms. The number of piperazine rings is 1. The van der Waals surface area contributed by atoms with E-state index in [9.17, 15) is 14.0 Å². The SMILES string of the molecule is Cc1cccc(N2CCN(C(=O)CCn3cnc4c([nH]c5ccc(F)cc54)c3=O)CC2)c1C. The van der Waals surface area contributed by atoms with Crippen molar-refractivity contribution in [1.29, 1.82) is 0 Å². The highest BCUT2D eigenvalue weighted by molar-refractivity contribution is 6.04. The van der Waals surface area contributed by atoms with E-state index in [-0.39, 0.29) is 30.2 Å². The van der Waals surface area contributed by atoms with E-state index in [1.54, 1.807) is 6.07 Å². The minimum atomic E-state index is -0.377. The van der Waals surface area contributed by atoms with Crippen LogP contribution >= 0.6 is 0 Å². The third-order valence-electron chi connectivity index (χ3n) is 6.65. The van der Waals surface area contributed by atoms with Crippen LogP contribution in [0.5, 0.6) is 0 Å². The number of carbonyl (C=O) groups is 1. The van der Waals surface area contributed by atoms with Crippen LogP contribution in [0.25, 0.3) is 21.9 Å². The van der Waals surface area contributed by atoms with Gasteiger partial charge in [0.25, 0.3) is 5.56 Å². The number of nitrogens with zero attached hydrogens (tertiary/aromatic N) is 4. The van der Waals surface area contributed by atoms with E-state index >= 15 is 0 Å². The van der Waals surface area contributed by atoms with E-state index in [1.165, 1.54) is 39.8 Å². The lowest BCUT2D eigenvalue weighted by molar-refractivity contribution is -0.131. The van der Waals surface area contributed by atoms with E-state index in [0.717, 1.165) is 13.1 Å². The van der Waals surface area contributed by atoms with E-state index in [4.69, 9.17) is 0 Å². The molecule has 1 N–H and O–H groups in total. The second kappa shape index (κ2) is 8.35. The van der Waals surface area contributed by atoms with Crippen molar-refractivity contribution in [3.63, 3.8) is 0 Å². The molecule has 0 saturated carbocycles. The van der Waals surface area contributed by atoms with Gasteiger partial charge in [0, 0.05) is 55.7 Å². The first-order valence-corrected chi connectivity index (χ1v) is 11.2. The molecule has 0 atom stereocenters. The lowest BCUT2D eigenvalue weighted by atomic mass is 10.1. The van der Waals surface area contributed by atoms with Gasteiger partial charge < -0.3 is 14.8 Å². The summed E-state index contributed by atoms with van der Waals surface area (Å²) in [5.41, 5.74) is 4.94. The molecule has 3 heterocycles. The summed E-state index contributed by atoms with van der Waals surface area (Å²) in [4.78, 5) is 37.3. The number of H-pyrrole nitrogens is 1. The summed E-state index contributed by atoms with van der Waals surface area (Å²) in [7, 11) is 0. The first kappa shape index (κ1) is 21.2. The van der Waals surface area contributed by atoms with Crippen LogP contribution in [0.15, 0.2) is 47.5 Å². The molecule has 170 valence electrons. The number of aromatic nitrogens is 3. The van der Waals surface area contributed by atoms with Gasteiger partial charge in [-0.1, -0.05) is 12.1 Å². The zero-order valence-electron chi connectivity index (χ0n) is 18.8. The van der Waals surface area contributed by atoms with Crippen LogP contribution in [0.3, 0.4) is 0 Å². The van der Waals surface area contributed by atoms with Crippen molar-refractivity contribution in [2.24, 2.45) is 0 Å². The Bertz CT molecular complexity index is 1420. The molecule has 0 aliphatic carbocycles. The molecule has 0 radical (unpaired) electrons. The predicted molar refractivity (Wildman–Crippen MR) is 127 cm³/mol. The number of aromatic amines is 1. The Hall–Kier alpha value is -3.68. The summed E-state index contributed by atoms with van der Waals surface area (Å²) in [6.45, 7) is 7.39. The Kier molecular flexibility index (Phi) is 5.36. The molecule has 5 rings (SSSR count). The van der Waals surface area contributed by atoms with Gasteiger partial charge in [0.2, 0.25) is 5.91 Å². The van der Waals surface area contributed by atoms with Gasteiger partial charge in [-0.3, -0.25) is 14.2 Å². The highest BCUT2D eigenvalue weighted by atomic mass is 19.1. The van der Waals surface area contributed by atoms with Crippen molar-refractivity contribution >= 4 is 33.5 Å². The Morgan fingerprint density at radius 2 is 1.91 bits per heavy atom. The fraction of sp³-hybridized carbons (Fsp3) is 0.320. The number of anilines is 1. The molecule has 0 bridgehead atoms. The number of rotatable bonds is 4. The fourth-order valence-corrected chi connectivity index (χ4v) is 4.57. The first-order chi connectivity index (χ1) is 15.9. The van der Waals surface area contributed by atoms with Gasteiger partial charge in [0.05, 0.1) is 6.33 Å². The number of hydrogen-bond acceptors (Lipinski definition) is 4. The zero-order chi connectivity index (χ0) is 23.1. The largest absolute Gasteiger partial charge is 0.368 e. The molecule has 4 aromatic rings. The molecule has 0 unspecified atom stereocenters. The van der Waals surface area contributed by atoms with Gasteiger partial charge in [0.1, 0.15) is 16.9 Å². The standard InChI is InChI=1S/C25H26FN5O2/c1-16-4-3-5-21(17(16)2)29-10-12-30(13-11-29)22(32)8-9-31-15-27-23-19-14-18(26)6-7-20(19)28-24(23)25(31)33/h3-7,14-15,28H,8-13H2,1-2H3. The molecule has 2 aromatic carbocycles. The van der Waals surface area contributed by atoms with Crippen molar-refractivity contribution in [2.75, 3.05) is 31.1 Å². The Morgan fingerprint density at radius 1 is 1.12 bits per heavy atom. The van der Waals surface area contributed by atoms with Crippen molar-refractivity contribution in [2.45, 2.75) is 26.8 Å². The smallest absolute Gasteiger partial charge is 0.277 e. The minimum absolute atomic E-state index is 0.0290. The minimum Gasteiger partial charge on any atom is -0.368 e. The predicted octanol–water partition coefficient (Wildman–Crippen LogP) is 3.37. The summed E-state index contributed by atoms with van der Waals surface area (Å²) in [6, 6.07) is 10.6. The summed E-state index contributed by atoms with van der Waals surface area (Å²) < 4.78 is 15.0. The van der Waals surface area contributed by atoms with Gasteiger partial charge in [-0.15, -0.1) is 0 Å². The highest BCUT2D eigenvalue weighted by Crippen LogP contribution is 2.24. The van der Waals surface area contributed by atoms with Crippen molar-refractivity contribution in [1.82, 2.24) is 19.4 Å². The monoisotopic (exact) mass is 447 g/mol. The Balaban J connectivity index is 1.25. The third kappa shape index (κ3) is 3.86. The summed E-state index contributed by atoms with van der Waals surface area (Å²) in [5.74, 6) is -0.348. The van der Waals surface area contributed by atoms with E-state index in [1.807, 2.05) is 4.90 Å².